The molecule has 0 amide bonds. The van der Waals surface area contributed by atoms with Crippen molar-refractivity contribution in [3.05, 3.63) is 29.8 Å². The molecular formula is C13H18O2S2. The lowest BCUT2D eigenvalue weighted by molar-refractivity contribution is 0.176. The minimum Gasteiger partial charge on any atom is -0.496 e. The normalized spacial score (nSPS) is 22.1. The smallest absolute Gasteiger partial charge is 0.122 e. The zero-order valence-electron chi connectivity index (χ0n) is 9.96. The van der Waals surface area contributed by atoms with Crippen LogP contribution in [0, 0.1) is 0 Å². The van der Waals surface area contributed by atoms with E-state index in [1.807, 2.05) is 47.8 Å². The van der Waals surface area contributed by atoms with Crippen molar-refractivity contribution in [3.8, 4) is 5.75 Å². The van der Waals surface area contributed by atoms with Crippen molar-refractivity contribution in [2.75, 3.05) is 24.4 Å². The van der Waals surface area contributed by atoms with Gasteiger partial charge in [0.15, 0.2) is 0 Å². The minimum atomic E-state index is -0.274. The molecule has 1 heterocycles. The Morgan fingerprint density at radius 1 is 1.41 bits per heavy atom. The molecule has 0 spiro atoms. The number of hydrogen-bond acceptors (Lipinski definition) is 4. The van der Waals surface area contributed by atoms with Gasteiger partial charge in [-0.3, -0.25) is 0 Å². The zero-order chi connectivity index (χ0) is 12.1. The molecule has 1 N–H and O–H groups in total. The van der Waals surface area contributed by atoms with Crippen LogP contribution >= 0.6 is 23.5 Å². The van der Waals surface area contributed by atoms with Gasteiger partial charge in [0.1, 0.15) is 5.75 Å². The van der Waals surface area contributed by atoms with Gasteiger partial charge in [-0.05, 0) is 11.6 Å². The van der Waals surface area contributed by atoms with E-state index in [9.17, 15) is 5.11 Å². The fourth-order valence-electron chi connectivity index (χ4n) is 1.96. The van der Waals surface area contributed by atoms with E-state index in [1.54, 1.807) is 7.11 Å². The lowest BCUT2D eigenvalue weighted by Gasteiger charge is -2.26. The molecule has 94 valence electrons. The third-order valence-electron chi connectivity index (χ3n) is 2.89. The molecule has 1 aliphatic heterocycles. The van der Waals surface area contributed by atoms with Crippen LogP contribution in [0.2, 0.25) is 0 Å². The Morgan fingerprint density at radius 2 is 2.24 bits per heavy atom. The van der Waals surface area contributed by atoms with Gasteiger partial charge in [-0.1, -0.05) is 18.2 Å². The molecular weight excluding hydrogens is 252 g/mol. The van der Waals surface area contributed by atoms with Crippen LogP contribution in [0.4, 0.5) is 0 Å². The monoisotopic (exact) mass is 270 g/mol. The molecule has 2 nitrogen and oxygen atoms in total. The number of aliphatic hydroxyl groups is 1. The van der Waals surface area contributed by atoms with Crippen LogP contribution in [0.5, 0.6) is 5.75 Å². The molecule has 1 fully saturated rings. The van der Waals surface area contributed by atoms with E-state index in [4.69, 9.17) is 4.74 Å². The van der Waals surface area contributed by atoms with Gasteiger partial charge in [-0.15, -0.1) is 0 Å². The molecule has 2 unspecified atom stereocenters. The molecule has 2 atom stereocenters. The molecule has 17 heavy (non-hydrogen) atoms. The highest BCUT2D eigenvalue weighted by molar-refractivity contribution is 8.06. The summed E-state index contributed by atoms with van der Waals surface area (Å²) in [5.41, 5.74) is 1.10. The van der Waals surface area contributed by atoms with Gasteiger partial charge in [0, 0.05) is 28.9 Å². The van der Waals surface area contributed by atoms with Gasteiger partial charge >= 0.3 is 0 Å². The van der Waals surface area contributed by atoms with Crippen LogP contribution in [0.1, 0.15) is 5.56 Å². The maximum atomic E-state index is 10.3. The van der Waals surface area contributed by atoms with Crippen LogP contribution < -0.4 is 4.74 Å². The molecule has 2 rings (SSSR count). The number of methoxy groups -OCH3 is 1. The summed E-state index contributed by atoms with van der Waals surface area (Å²) < 4.78 is 5.31. The van der Waals surface area contributed by atoms with E-state index < -0.39 is 0 Å². The second-order valence-corrected chi connectivity index (χ2v) is 6.56. The molecule has 1 aromatic carbocycles. The van der Waals surface area contributed by atoms with Gasteiger partial charge in [-0.2, -0.15) is 23.5 Å². The first-order valence-corrected chi connectivity index (χ1v) is 8.01. The Labute approximate surface area is 111 Å². The van der Waals surface area contributed by atoms with Crippen molar-refractivity contribution < 1.29 is 9.84 Å². The Morgan fingerprint density at radius 3 is 2.94 bits per heavy atom. The summed E-state index contributed by atoms with van der Waals surface area (Å²) in [5.74, 6) is 4.29. The maximum absolute atomic E-state index is 10.3. The first-order chi connectivity index (χ1) is 8.31. The van der Waals surface area contributed by atoms with E-state index in [0.29, 0.717) is 11.7 Å². The van der Waals surface area contributed by atoms with Gasteiger partial charge in [0.2, 0.25) is 0 Å². The van der Waals surface area contributed by atoms with Crippen LogP contribution in [-0.4, -0.2) is 40.8 Å². The molecule has 0 saturated carbocycles. The van der Waals surface area contributed by atoms with Crippen LogP contribution in [0.3, 0.4) is 0 Å². The Balaban J connectivity index is 1.99. The van der Waals surface area contributed by atoms with Crippen molar-refractivity contribution in [1.29, 1.82) is 0 Å². The van der Waals surface area contributed by atoms with E-state index >= 15 is 0 Å². The molecule has 1 saturated heterocycles. The number of para-hydroxylation sites is 1. The first kappa shape index (κ1) is 13.1. The highest BCUT2D eigenvalue weighted by atomic mass is 32.2. The summed E-state index contributed by atoms with van der Waals surface area (Å²) >= 11 is 3.83. The number of hydrogen-bond donors (Lipinski definition) is 1. The lowest BCUT2D eigenvalue weighted by Crippen LogP contribution is -2.30. The highest BCUT2D eigenvalue weighted by Crippen LogP contribution is 2.29. The summed E-state index contributed by atoms with van der Waals surface area (Å²) in [6.07, 6.45) is 0.409. The molecule has 0 radical (unpaired) electrons. The average Bonchev–Trinajstić information content (AvgIpc) is 2.40. The Kier molecular flexibility index (Phi) is 5.07. The third-order valence-corrected chi connectivity index (χ3v) is 5.80. The Hall–Kier alpha value is -0.320. The quantitative estimate of drug-likeness (QED) is 0.910. The van der Waals surface area contributed by atoms with Crippen LogP contribution in [-0.2, 0) is 6.42 Å². The molecule has 1 aliphatic rings. The van der Waals surface area contributed by atoms with Gasteiger partial charge in [0.25, 0.3) is 0 Å². The predicted octanol–water partition coefficient (Wildman–Crippen LogP) is 2.45. The molecule has 0 aliphatic carbocycles. The summed E-state index contributed by atoms with van der Waals surface area (Å²) in [7, 11) is 1.68. The minimum absolute atomic E-state index is 0.274. The lowest BCUT2D eigenvalue weighted by atomic mass is 10.1. The fourth-order valence-corrected chi connectivity index (χ4v) is 4.73. The molecule has 1 aromatic rings. The van der Waals surface area contributed by atoms with Gasteiger partial charge in [0.05, 0.1) is 13.2 Å². The standard InChI is InChI=1S/C13H18O2S2/c1-15-12-5-3-2-4-10(12)8-11(14)13-9-16-6-7-17-13/h2-5,11,13-14H,6-9H2,1H3. The number of thioether (sulfide) groups is 2. The first-order valence-electron chi connectivity index (χ1n) is 5.80. The summed E-state index contributed by atoms with van der Waals surface area (Å²) in [5, 5.41) is 10.6. The summed E-state index contributed by atoms with van der Waals surface area (Å²) in [6, 6.07) is 7.93. The van der Waals surface area contributed by atoms with Crippen LogP contribution in [0.25, 0.3) is 0 Å². The summed E-state index contributed by atoms with van der Waals surface area (Å²) in [6.45, 7) is 0. The van der Waals surface area contributed by atoms with E-state index in [-0.39, 0.29) is 6.10 Å². The Bertz CT molecular complexity index is 351. The number of ether oxygens (including phenoxy) is 1. The number of rotatable bonds is 4. The topological polar surface area (TPSA) is 29.5 Å². The van der Waals surface area contributed by atoms with Crippen molar-refractivity contribution >= 4 is 23.5 Å². The van der Waals surface area contributed by atoms with E-state index in [2.05, 4.69) is 0 Å². The van der Waals surface area contributed by atoms with E-state index in [1.165, 1.54) is 5.75 Å². The number of benzene rings is 1. The van der Waals surface area contributed by atoms with E-state index in [0.717, 1.165) is 22.8 Å². The van der Waals surface area contributed by atoms with Gasteiger partial charge in [-0.25, -0.2) is 0 Å². The van der Waals surface area contributed by atoms with Crippen LogP contribution in [0.15, 0.2) is 24.3 Å². The second kappa shape index (κ2) is 6.57. The highest BCUT2D eigenvalue weighted by Gasteiger charge is 2.23. The average molecular weight is 270 g/mol. The van der Waals surface area contributed by atoms with Crippen molar-refractivity contribution in [3.63, 3.8) is 0 Å². The fraction of sp³-hybridized carbons (Fsp3) is 0.538. The van der Waals surface area contributed by atoms with Gasteiger partial charge < -0.3 is 9.84 Å². The number of aliphatic hydroxyl groups excluding tert-OH is 1. The molecule has 0 aromatic heterocycles. The summed E-state index contributed by atoms with van der Waals surface area (Å²) in [4.78, 5) is 0. The SMILES string of the molecule is COc1ccccc1CC(O)C1CSCCS1. The maximum Gasteiger partial charge on any atom is 0.122 e. The second-order valence-electron chi connectivity index (χ2n) is 4.07. The predicted molar refractivity (Wildman–Crippen MR) is 76.3 cm³/mol. The van der Waals surface area contributed by atoms with Crippen molar-refractivity contribution in [2.45, 2.75) is 17.8 Å². The largest absolute Gasteiger partial charge is 0.496 e. The zero-order valence-corrected chi connectivity index (χ0v) is 11.6. The van der Waals surface area contributed by atoms with Crippen molar-refractivity contribution in [2.24, 2.45) is 0 Å². The van der Waals surface area contributed by atoms with Crippen molar-refractivity contribution in [1.82, 2.24) is 0 Å². The molecule has 4 heteroatoms. The molecule has 0 bridgehead atoms. The third kappa shape index (κ3) is 3.57.